The van der Waals surface area contributed by atoms with E-state index < -0.39 is 0 Å². The molecule has 0 saturated heterocycles. The van der Waals surface area contributed by atoms with Crippen molar-refractivity contribution in [3.8, 4) is 0 Å². The molecule has 0 atom stereocenters. The van der Waals surface area contributed by atoms with Crippen molar-refractivity contribution >= 4 is 15.9 Å². The van der Waals surface area contributed by atoms with Crippen LogP contribution < -0.4 is 0 Å². The van der Waals surface area contributed by atoms with Gasteiger partial charge in [0.05, 0.1) is 6.61 Å². The first-order chi connectivity index (χ1) is 7.26. The molecule has 1 saturated carbocycles. The first-order valence-electron chi connectivity index (χ1n) is 6.40. The fourth-order valence-corrected chi connectivity index (χ4v) is 3.26. The molecule has 1 rings (SSSR count). The van der Waals surface area contributed by atoms with Gasteiger partial charge in [-0.3, -0.25) is 0 Å². The summed E-state index contributed by atoms with van der Waals surface area (Å²) in [6, 6.07) is 0. The fraction of sp³-hybridized carbons (Fsp3) is 1.00. The highest BCUT2D eigenvalue weighted by molar-refractivity contribution is 9.09. The molecule has 0 spiro atoms. The summed E-state index contributed by atoms with van der Waals surface area (Å²) < 4.78 is 5.93. The van der Waals surface area contributed by atoms with E-state index in [-0.39, 0.29) is 0 Å². The fourth-order valence-electron chi connectivity index (χ4n) is 2.30. The zero-order chi connectivity index (χ0) is 11.1. The highest BCUT2D eigenvalue weighted by atomic mass is 79.9. The van der Waals surface area contributed by atoms with Crippen LogP contribution in [0.5, 0.6) is 0 Å². The third kappa shape index (κ3) is 4.07. The van der Waals surface area contributed by atoms with Crippen LogP contribution in [-0.4, -0.2) is 18.5 Å². The van der Waals surface area contributed by atoms with E-state index in [4.69, 9.17) is 4.74 Å². The summed E-state index contributed by atoms with van der Waals surface area (Å²) in [7, 11) is 0. The minimum absolute atomic E-state index is 0.374. The van der Waals surface area contributed by atoms with Crippen LogP contribution in [0, 0.1) is 11.3 Å². The van der Waals surface area contributed by atoms with Crippen molar-refractivity contribution in [1.29, 1.82) is 0 Å². The molecule has 1 aliphatic rings. The molecule has 0 amide bonds. The SMILES string of the molecule is CCC(CC)(CBr)COCC1CCCC1. The third-order valence-electron chi connectivity index (χ3n) is 4.02. The highest BCUT2D eigenvalue weighted by Crippen LogP contribution is 2.30. The van der Waals surface area contributed by atoms with Crippen molar-refractivity contribution in [2.75, 3.05) is 18.5 Å². The van der Waals surface area contributed by atoms with Crippen LogP contribution in [0.1, 0.15) is 52.4 Å². The zero-order valence-corrected chi connectivity index (χ0v) is 11.8. The summed E-state index contributed by atoms with van der Waals surface area (Å²) >= 11 is 3.63. The molecule has 1 aliphatic carbocycles. The molecule has 0 N–H and O–H groups in total. The predicted octanol–water partition coefficient (Wildman–Crippen LogP) is 4.39. The van der Waals surface area contributed by atoms with Gasteiger partial charge in [-0.1, -0.05) is 42.6 Å². The Labute approximate surface area is 103 Å². The van der Waals surface area contributed by atoms with Crippen molar-refractivity contribution in [2.24, 2.45) is 11.3 Å². The van der Waals surface area contributed by atoms with Gasteiger partial charge in [-0.2, -0.15) is 0 Å². The van der Waals surface area contributed by atoms with Crippen LogP contribution in [-0.2, 0) is 4.74 Å². The Kier molecular flexibility index (Phi) is 6.21. The van der Waals surface area contributed by atoms with E-state index in [0.717, 1.165) is 24.5 Å². The molecule has 0 aromatic rings. The van der Waals surface area contributed by atoms with Crippen LogP contribution in [0.15, 0.2) is 0 Å². The van der Waals surface area contributed by atoms with E-state index in [2.05, 4.69) is 29.8 Å². The Hall–Kier alpha value is 0.440. The van der Waals surface area contributed by atoms with E-state index in [9.17, 15) is 0 Å². The number of halogens is 1. The molecule has 0 radical (unpaired) electrons. The van der Waals surface area contributed by atoms with Crippen LogP contribution in [0.25, 0.3) is 0 Å². The molecular formula is C13H25BrO. The third-order valence-corrected chi connectivity index (χ3v) is 5.21. The van der Waals surface area contributed by atoms with Crippen LogP contribution in [0.4, 0.5) is 0 Å². The summed E-state index contributed by atoms with van der Waals surface area (Å²) in [4.78, 5) is 0. The molecule has 0 aromatic carbocycles. The summed E-state index contributed by atoms with van der Waals surface area (Å²) in [6.07, 6.45) is 8.02. The van der Waals surface area contributed by atoms with Crippen molar-refractivity contribution in [3.63, 3.8) is 0 Å². The van der Waals surface area contributed by atoms with Crippen LogP contribution in [0.2, 0.25) is 0 Å². The lowest BCUT2D eigenvalue weighted by Crippen LogP contribution is -2.28. The summed E-state index contributed by atoms with van der Waals surface area (Å²) in [5.74, 6) is 0.853. The van der Waals surface area contributed by atoms with Crippen molar-refractivity contribution < 1.29 is 4.74 Å². The minimum Gasteiger partial charge on any atom is -0.381 e. The molecule has 0 unspecified atom stereocenters. The second-order valence-corrected chi connectivity index (χ2v) is 5.57. The van der Waals surface area contributed by atoms with Gasteiger partial charge in [0.25, 0.3) is 0 Å². The maximum Gasteiger partial charge on any atom is 0.0530 e. The Morgan fingerprint density at radius 2 is 1.80 bits per heavy atom. The number of hydrogen-bond acceptors (Lipinski definition) is 1. The van der Waals surface area contributed by atoms with Crippen LogP contribution >= 0.6 is 15.9 Å². The topological polar surface area (TPSA) is 9.23 Å². The van der Waals surface area contributed by atoms with E-state index in [1.807, 2.05) is 0 Å². The monoisotopic (exact) mass is 276 g/mol. The van der Waals surface area contributed by atoms with Gasteiger partial charge in [-0.15, -0.1) is 0 Å². The summed E-state index contributed by atoms with van der Waals surface area (Å²) in [6.45, 7) is 6.46. The number of rotatable bonds is 7. The summed E-state index contributed by atoms with van der Waals surface area (Å²) in [5.41, 5.74) is 0.374. The Morgan fingerprint density at radius 1 is 1.20 bits per heavy atom. The molecule has 2 heteroatoms. The van der Waals surface area contributed by atoms with E-state index in [1.165, 1.54) is 38.5 Å². The van der Waals surface area contributed by atoms with E-state index >= 15 is 0 Å². The number of alkyl halides is 1. The normalized spacial score (nSPS) is 18.6. The standard InChI is InChI=1S/C13H25BrO/c1-3-13(4-2,10-14)11-15-9-12-7-5-6-8-12/h12H,3-11H2,1-2H3. The number of ether oxygens (including phenoxy) is 1. The largest absolute Gasteiger partial charge is 0.381 e. The lowest BCUT2D eigenvalue weighted by molar-refractivity contribution is 0.0325. The predicted molar refractivity (Wildman–Crippen MR) is 69.6 cm³/mol. The molecule has 1 nitrogen and oxygen atoms in total. The van der Waals surface area contributed by atoms with Crippen molar-refractivity contribution in [1.82, 2.24) is 0 Å². The molecule has 0 heterocycles. The average Bonchev–Trinajstić information content (AvgIpc) is 2.78. The molecule has 0 bridgehead atoms. The first-order valence-corrected chi connectivity index (χ1v) is 7.52. The average molecular weight is 277 g/mol. The molecule has 0 aromatic heterocycles. The molecule has 90 valence electrons. The molecule has 1 fully saturated rings. The van der Waals surface area contributed by atoms with E-state index in [1.54, 1.807) is 0 Å². The molecular weight excluding hydrogens is 252 g/mol. The molecule has 15 heavy (non-hydrogen) atoms. The van der Waals surface area contributed by atoms with Crippen LogP contribution in [0.3, 0.4) is 0 Å². The van der Waals surface area contributed by atoms with Crippen molar-refractivity contribution in [2.45, 2.75) is 52.4 Å². The zero-order valence-electron chi connectivity index (χ0n) is 10.2. The Balaban J connectivity index is 2.21. The van der Waals surface area contributed by atoms with Gasteiger partial charge < -0.3 is 4.74 Å². The van der Waals surface area contributed by atoms with Gasteiger partial charge in [0, 0.05) is 17.4 Å². The highest BCUT2D eigenvalue weighted by Gasteiger charge is 2.25. The Morgan fingerprint density at radius 3 is 2.27 bits per heavy atom. The number of hydrogen-bond donors (Lipinski definition) is 0. The van der Waals surface area contributed by atoms with Gasteiger partial charge in [-0.05, 0) is 31.6 Å². The van der Waals surface area contributed by atoms with E-state index in [0.29, 0.717) is 5.41 Å². The maximum atomic E-state index is 5.93. The summed E-state index contributed by atoms with van der Waals surface area (Å²) in [5, 5.41) is 1.07. The van der Waals surface area contributed by atoms with Gasteiger partial charge in [0.2, 0.25) is 0 Å². The lowest BCUT2D eigenvalue weighted by atomic mass is 9.86. The second-order valence-electron chi connectivity index (χ2n) is 5.01. The first kappa shape index (κ1) is 13.5. The Bertz CT molecular complexity index is 152. The smallest absolute Gasteiger partial charge is 0.0530 e. The second kappa shape index (κ2) is 6.90. The quantitative estimate of drug-likeness (QED) is 0.627. The van der Waals surface area contributed by atoms with Gasteiger partial charge in [0.1, 0.15) is 0 Å². The van der Waals surface area contributed by atoms with Crippen molar-refractivity contribution in [3.05, 3.63) is 0 Å². The van der Waals surface area contributed by atoms with Gasteiger partial charge >= 0.3 is 0 Å². The van der Waals surface area contributed by atoms with Gasteiger partial charge in [0.15, 0.2) is 0 Å². The minimum atomic E-state index is 0.374. The van der Waals surface area contributed by atoms with Gasteiger partial charge in [-0.25, -0.2) is 0 Å². The lowest BCUT2D eigenvalue weighted by Gasteiger charge is -2.29. The maximum absolute atomic E-state index is 5.93. The molecule has 0 aliphatic heterocycles.